The zero-order valence-corrected chi connectivity index (χ0v) is 13.3. The van der Waals surface area contributed by atoms with E-state index in [2.05, 4.69) is 0 Å². The second-order valence-electron chi connectivity index (χ2n) is 5.24. The number of ketones is 1. The number of hydrogen-bond acceptors (Lipinski definition) is 4. The number of para-hydroxylation sites is 1. The molecule has 0 spiro atoms. The van der Waals surface area contributed by atoms with E-state index < -0.39 is 15.8 Å². The van der Waals surface area contributed by atoms with Crippen molar-refractivity contribution >= 4 is 15.6 Å². The summed E-state index contributed by atoms with van der Waals surface area (Å²) in [6, 6.07) is 16.3. The largest absolute Gasteiger partial charge is 0.457 e. The lowest BCUT2D eigenvalue weighted by atomic mass is 9.97. The molecule has 0 radical (unpaired) electrons. The van der Waals surface area contributed by atoms with Crippen LogP contribution in [-0.2, 0) is 14.6 Å². The number of ether oxygens (including phenoxy) is 1. The molecule has 0 aliphatic rings. The quantitative estimate of drug-likeness (QED) is 0.820. The van der Waals surface area contributed by atoms with Crippen molar-refractivity contribution < 1.29 is 17.9 Å². The van der Waals surface area contributed by atoms with Crippen LogP contribution >= 0.6 is 0 Å². The minimum absolute atomic E-state index is 0.178. The summed E-state index contributed by atoms with van der Waals surface area (Å²) in [6.07, 6.45) is 1.13. The van der Waals surface area contributed by atoms with E-state index in [9.17, 15) is 13.2 Å². The van der Waals surface area contributed by atoms with Gasteiger partial charge in [-0.1, -0.05) is 30.3 Å². The molecule has 4 nitrogen and oxygen atoms in total. The second-order valence-corrected chi connectivity index (χ2v) is 7.43. The van der Waals surface area contributed by atoms with Crippen molar-refractivity contribution in [1.29, 1.82) is 0 Å². The Labute approximate surface area is 130 Å². The highest BCUT2D eigenvalue weighted by Gasteiger charge is 2.22. The van der Waals surface area contributed by atoms with E-state index in [1.165, 1.54) is 6.92 Å². The minimum atomic E-state index is -3.25. The molecule has 2 aromatic rings. The van der Waals surface area contributed by atoms with Crippen LogP contribution in [0, 0.1) is 0 Å². The van der Waals surface area contributed by atoms with Crippen LogP contribution in [0.25, 0.3) is 0 Å². The summed E-state index contributed by atoms with van der Waals surface area (Å²) in [5.74, 6) is 0.208. The summed E-state index contributed by atoms with van der Waals surface area (Å²) in [6.45, 7) is 1.40. The van der Waals surface area contributed by atoms with Crippen molar-refractivity contribution in [3.8, 4) is 11.5 Å². The van der Waals surface area contributed by atoms with Gasteiger partial charge in [0, 0.05) is 6.26 Å². The van der Waals surface area contributed by atoms with Crippen LogP contribution in [0.4, 0.5) is 0 Å². The third-order valence-corrected chi connectivity index (χ3v) is 4.14. The van der Waals surface area contributed by atoms with Crippen LogP contribution in [0.1, 0.15) is 18.4 Å². The Morgan fingerprint density at radius 2 is 1.68 bits per heavy atom. The van der Waals surface area contributed by atoms with Gasteiger partial charge in [0.05, 0.1) is 11.7 Å². The molecule has 0 unspecified atom stereocenters. The fourth-order valence-electron chi connectivity index (χ4n) is 2.17. The number of sulfone groups is 1. The maximum atomic E-state index is 11.8. The SMILES string of the molecule is CC(=O)[C@H](CS(C)(=O)=O)c1cccc(Oc2ccccc2)c1. The maximum absolute atomic E-state index is 11.8. The van der Waals surface area contributed by atoms with Crippen molar-refractivity contribution in [1.82, 2.24) is 0 Å². The van der Waals surface area contributed by atoms with Gasteiger partial charge in [-0.15, -0.1) is 0 Å². The number of carbonyl (C=O) groups excluding carboxylic acids is 1. The van der Waals surface area contributed by atoms with Crippen LogP contribution < -0.4 is 4.74 Å². The summed E-state index contributed by atoms with van der Waals surface area (Å²) in [4.78, 5) is 11.8. The number of benzene rings is 2. The summed E-state index contributed by atoms with van der Waals surface area (Å²) in [5.41, 5.74) is 0.645. The topological polar surface area (TPSA) is 60.4 Å². The molecule has 0 aliphatic heterocycles. The Morgan fingerprint density at radius 3 is 2.27 bits per heavy atom. The number of hydrogen-bond donors (Lipinski definition) is 0. The van der Waals surface area contributed by atoms with E-state index in [-0.39, 0.29) is 11.5 Å². The van der Waals surface area contributed by atoms with E-state index in [4.69, 9.17) is 4.74 Å². The molecule has 0 aromatic heterocycles. The van der Waals surface area contributed by atoms with Gasteiger partial charge in [0.15, 0.2) is 0 Å². The molecule has 0 saturated heterocycles. The predicted molar refractivity (Wildman–Crippen MR) is 86.1 cm³/mol. The predicted octanol–water partition coefficient (Wildman–Crippen LogP) is 3.20. The van der Waals surface area contributed by atoms with Crippen LogP contribution in [0.3, 0.4) is 0 Å². The van der Waals surface area contributed by atoms with Gasteiger partial charge in [-0.3, -0.25) is 4.79 Å². The summed E-state index contributed by atoms with van der Waals surface area (Å²) < 4.78 is 28.7. The van der Waals surface area contributed by atoms with Gasteiger partial charge in [0.2, 0.25) is 0 Å². The minimum Gasteiger partial charge on any atom is -0.457 e. The molecule has 116 valence electrons. The number of Topliss-reactive ketones (excluding diaryl/α,β-unsaturated/α-hetero) is 1. The second kappa shape index (κ2) is 6.75. The standard InChI is InChI=1S/C17H18O4S/c1-13(18)17(12-22(2,19)20)14-7-6-10-16(11-14)21-15-8-4-3-5-9-15/h3-11,17H,12H2,1-2H3/t17-/m0/s1. The molecule has 22 heavy (non-hydrogen) atoms. The van der Waals surface area contributed by atoms with Crippen molar-refractivity contribution in [2.45, 2.75) is 12.8 Å². The van der Waals surface area contributed by atoms with Crippen LogP contribution in [-0.4, -0.2) is 26.2 Å². The highest BCUT2D eigenvalue weighted by molar-refractivity contribution is 7.90. The van der Waals surface area contributed by atoms with Crippen molar-refractivity contribution in [3.05, 3.63) is 60.2 Å². The molecular formula is C17H18O4S. The smallest absolute Gasteiger partial charge is 0.148 e. The van der Waals surface area contributed by atoms with Crippen LogP contribution in [0.5, 0.6) is 11.5 Å². The summed E-state index contributed by atoms with van der Waals surface area (Å²) >= 11 is 0. The highest BCUT2D eigenvalue weighted by atomic mass is 32.2. The van der Waals surface area contributed by atoms with Gasteiger partial charge in [-0.05, 0) is 36.8 Å². The number of carbonyl (C=O) groups is 1. The molecule has 0 saturated carbocycles. The fraction of sp³-hybridized carbons (Fsp3) is 0.235. The van der Waals surface area contributed by atoms with Gasteiger partial charge in [-0.2, -0.15) is 0 Å². The molecule has 0 bridgehead atoms. The van der Waals surface area contributed by atoms with Gasteiger partial charge in [0.1, 0.15) is 27.1 Å². The molecule has 2 aromatic carbocycles. The Hall–Kier alpha value is -2.14. The average molecular weight is 318 g/mol. The molecule has 0 heterocycles. The molecule has 5 heteroatoms. The Bertz CT molecular complexity index is 751. The molecule has 0 N–H and O–H groups in total. The lowest BCUT2D eigenvalue weighted by Gasteiger charge is -2.14. The summed E-state index contributed by atoms with van der Waals surface area (Å²) in [7, 11) is -3.25. The molecular weight excluding hydrogens is 300 g/mol. The normalized spacial score (nSPS) is 12.6. The van der Waals surface area contributed by atoms with E-state index in [0.29, 0.717) is 17.1 Å². The lowest BCUT2D eigenvalue weighted by Crippen LogP contribution is -2.19. The van der Waals surface area contributed by atoms with E-state index in [1.807, 2.05) is 30.3 Å². The van der Waals surface area contributed by atoms with Gasteiger partial charge < -0.3 is 4.74 Å². The average Bonchev–Trinajstić information content (AvgIpc) is 2.45. The molecule has 0 fully saturated rings. The van der Waals surface area contributed by atoms with Gasteiger partial charge in [-0.25, -0.2) is 8.42 Å². The first-order chi connectivity index (χ1) is 10.3. The fourth-order valence-corrected chi connectivity index (χ4v) is 3.20. The molecule has 1 atom stereocenters. The van der Waals surface area contributed by atoms with E-state index >= 15 is 0 Å². The van der Waals surface area contributed by atoms with Crippen molar-refractivity contribution in [3.63, 3.8) is 0 Å². The van der Waals surface area contributed by atoms with E-state index in [0.717, 1.165) is 6.26 Å². The first-order valence-electron chi connectivity index (χ1n) is 6.86. The Kier molecular flexibility index (Phi) is 4.98. The van der Waals surface area contributed by atoms with E-state index in [1.54, 1.807) is 24.3 Å². The first kappa shape index (κ1) is 16.2. The Balaban J connectivity index is 2.27. The van der Waals surface area contributed by atoms with Crippen LogP contribution in [0.2, 0.25) is 0 Å². The monoisotopic (exact) mass is 318 g/mol. The number of rotatable bonds is 6. The highest BCUT2D eigenvalue weighted by Crippen LogP contribution is 2.26. The van der Waals surface area contributed by atoms with Crippen LogP contribution in [0.15, 0.2) is 54.6 Å². The lowest BCUT2D eigenvalue weighted by molar-refractivity contribution is -0.118. The van der Waals surface area contributed by atoms with Crippen molar-refractivity contribution in [2.75, 3.05) is 12.0 Å². The molecule has 0 aliphatic carbocycles. The first-order valence-corrected chi connectivity index (χ1v) is 8.92. The Morgan fingerprint density at radius 1 is 1.05 bits per heavy atom. The van der Waals surface area contributed by atoms with Gasteiger partial charge in [0.25, 0.3) is 0 Å². The third-order valence-electron chi connectivity index (χ3n) is 3.20. The zero-order valence-electron chi connectivity index (χ0n) is 12.5. The van der Waals surface area contributed by atoms with Crippen molar-refractivity contribution in [2.24, 2.45) is 0 Å². The summed E-state index contributed by atoms with van der Waals surface area (Å²) in [5, 5.41) is 0. The molecule has 2 rings (SSSR count). The zero-order chi connectivity index (χ0) is 16.2. The maximum Gasteiger partial charge on any atom is 0.148 e. The van der Waals surface area contributed by atoms with Gasteiger partial charge >= 0.3 is 0 Å². The molecule has 0 amide bonds. The third kappa shape index (κ3) is 4.70.